The highest BCUT2D eigenvalue weighted by Gasteiger charge is 2.14. The molecule has 0 saturated carbocycles. The summed E-state index contributed by atoms with van der Waals surface area (Å²) < 4.78 is 30.7. The van der Waals surface area contributed by atoms with Crippen molar-refractivity contribution >= 4 is 32.3 Å². The number of thiophene rings is 1. The van der Waals surface area contributed by atoms with Crippen molar-refractivity contribution in [1.29, 1.82) is 0 Å². The van der Waals surface area contributed by atoms with Gasteiger partial charge in [-0.2, -0.15) is 0 Å². The maximum absolute atomic E-state index is 11.6. The molecule has 0 bridgehead atoms. The van der Waals surface area contributed by atoms with E-state index in [-0.39, 0.29) is 28.3 Å². The monoisotopic (exact) mass is 293 g/mol. The Kier molecular flexibility index (Phi) is 5.12. The van der Waals surface area contributed by atoms with Crippen LogP contribution in [0.25, 0.3) is 0 Å². The van der Waals surface area contributed by atoms with Crippen LogP contribution in [0.3, 0.4) is 0 Å². The van der Waals surface area contributed by atoms with E-state index < -0.39 is 16.0 Å². The van der Waals surface area contributed by atoms with Gasteiger partial charge in [0, 0.05) is 0 Å². The normalized spacial score (nSPS) is 11.7. The molecule has 2 N–H and O–H groups in total. The maximum Gasteiger partial charge on any atom is 0.345 e. The molecule has 0 amide bonds. The van der Waals surface area contributed by atoms with Crippen LogP contribution in [0, 0.1) is 0 Å². The summed E-state index contributed by atoms with van der Waals surface area (Å²) in [5.41, 5.74) is 0. The van der Waals surface area contributed by atoms with Gasteiger partial charge in [0.25, 0.3) is 0 Å². The van der Waals surface area contributed by atoms with Crippen molar-refractivity contribution in [2.45, 2.75) is 20.0 Å². The summed E-state index contributed by atoms with van der Waals surface area (Å²) in [6, 6.07) is 2.78. The molecule has 0 unspecified atom stereocenters. The molecule has 1 heterocycles. The fraction of sp³-hybridized carbons (Fsp3) is 0.500. The van der Waals surface area contributed by atoms with Gasteiger partial charge in [0.15, 0.2) is 0 Å². The number of carbonyl (C=O) groups is 1. The van der Waals surface area contributed by atoms with Crippen molar-refractivity contribution in [2.75, 3.05) is 17.1 Å². The van der Waals surface area contributed by atoms with Crippen molar-refractivity contribution in [3.05, 3.63) is 17.0 Å². The zero-order valence-electron chi connectivity index (χ0n) is 10.0. The lowest BCUT2D eigenvalue weighted by Crippen LogP contribution is -2.21. The van der Waals surface area contributed by atoms with Crippen LogP contribution in [0.1, 0.15) is 23.5 Å². The average Bonchev–Trinajstić information content (AvgIpc) is 2.64. The molecule has 0 radical (unpaired) electrons. The number of carboxylic acids is 1. The predicted octanol–water partition coefficient (Wildman–Crippen LogP) is 1.61. The van der Waals surface area contributed by atoms with Crippen molar-refractivity contribution in [2.24, 2.45) is 0 Å². The molecule has 6 nitrogen and oxygen atoms in total. The van der Waals surface area contributed by atoms with E-state index >= 15 is 0 Å². The largest absolute Gasteiger partial charge is 0.477 e. The van der Waals surface area contributed by atoms with Gasteiger partial charge < -0.3 is 9.84 Å². The molecule has 1 aromatic rings. The number of rotatable bonds is 7. The van der Waals surface area contributed by atoms with Crippen molar-refractivity contribution in [3.63, 3.8) is 0 Å². The molecule has 102 valence electrons. The third-order valence-electron chi connectivity index (χ3n) is 1.88. The van der Waals surface area contributed by atoms with Crippen LogP contribution < -0.4 is 4.72 Å². The van der Waals surface area contributed by atoms with Crippen molar-refractivity contribution in [3.8, 4) is 0 Å². The Balaban J connectivity index is 2.56. The van der Waals surface area contributed by atoms with Gasteiger partial charge in [-0.25, -0.2) is 13.2 Å². The molecule has 0 fully saturated rings. The lowest BCUT2D eigenvalue weighted by Gasteiger charge is -2.08. The van der Waals surface area contributed by atoms with Gasteiger partial charge in [-0.1, -0.05) is 0 Å². The van der Waals surface area contributed by atoms with E-state index in [1.54, 1.807) is 0 Å². The standard InChI is InChI=1S/C10H15NO5S2/c1-7(2)16-5-6-18(14,15)11-9-4-3-8(17-9)10(12)13/h3-4,7,11H,5-6H2,1-2H3,(H,12,13). The molecular weight excluding hydrogens is 278 g/mol. The minimum absolute atomic E-state index is 0.0273. The van der Waals surface area contributed by atoms with Gasteiger partial charge in [0.1, 0.15) is 9.88 Å². The third kappa shape index (κ3) is 5.03. The number of carboxylic acid groups (broad SMARTS) is 1. The minimum Gasteiger partial charge on any atom is -0.477 e. The number of anilines is 1. The smallest absolute Gasteiger partial charge is 0.345 e. The van der Waals surface area contributed by atoms with E-state index in [0.717, 1.165) is 11.3 Å². The van der Waals surface area contributed by atoms with Gasteiger partial charge in [-0.15, -0.1) is 11.3 Å². The quantitative estimate of drug-likeness (QED) is 0.796. The molecule has 8 heteroatoms. The van der Waals surface area contributed by atoms with E-state index in [2.05, 4.69) is 4.72 Å². The maximum atomic E-state index is 11.6. The molecule has 0 aliphatic carbocycles. The summed E-state index contributed by atoms with van der Waals surface area (Å²) in [6.07, 6.45) is -0.0273. The summed E-state index contributed by atoms with van der Waals surface area (Å²) in [4.78, 5) is 10.7. The SMILES string of the molecule is CC(C)OCCS(=O)(=O)Nc1ccc(C(=O)O)s1. The molecule has 18 heavy (non-hydrogen) atoms. The van der Waals surface area contributed by atoms with Gasteiger partial charge in [-0.05, 0) is 26.0 Å². The first kappa shape index (κ1) is 14.9. The van der Waals surface area contributed by atoms with E-state index in [0.29, 0.717) is 0 Å². The zero-order chi connectivity index (χ0) is 13.8. The molecule has 1 rings (SSSR count). The molecule has 0 aliphatic heterocycles. The Morgan fingerprint density at radius 2 is 2.17 bits per heavy atom. The van der Waals surface area contributed by atoms with E-state index in [9.17, 15) is 13.2 Å². The molecule has 0 spiro atoms. The topological polar surface area (TPSA) is 92.7 Å². The van der Waals surface area contributed by atoms with Gasteiger partial charge >= 0.3 is 5.97 Å². The average molecular weight is 293 g/mol. The van der Waals surface area contributed by atoms with E-state index in [4.69, 9.17) is 9.84 Å². The summed E-state index contributed by atoms with van der Waals surface area (Å²) in [5, 5.41) is 9.00. The first-order chi connectivity index (χ1) is 8.30. The molecule has 0 saturated heterocycles. The fourth-order valence-electron chi connectivity index (χ4n) is 1.11. The van der Waals surface area contributed by atoms with Crippen molar-refractivity contribution < 1.29 is 23.1 Å². The highest BCUT2D eigenvalue weighted by molar-refractivity contribution is 7.92. The van der Waals surface area contributed by atoms with E-state index in [1.807, 2.05) is 13.8 Å². The second-order valence-electron chi connectivity index (χ2n) is 3.81. The fourth-order valence-corrected chi connectivity index (χ4v) is 3.04. The summed E-state index contributed by atoms with van der Waals surface area (Å²) in [6.45, 7) is 3.74. The number of nitrogens with one attached hydrogen (secondary N) is 1. The Labute approximate surface area is 110 Å². The van der Waals surface area contributed by atoms with Crippen LogP contribution >= 0.6 is 11.3 Å². The lowest BCUT2D eigenvalue weighted by atomic mass is 10.5. The second kappa shape index (κ2) is 6.17. The molecule has 0 atom stereocenters. The highest BCUT2D eigenvalue weighted by atomic mass is 32.2. The van der Waals surface area contributed by atoms with Crippen LogP contribution in [-0.4, -0.2) is 38.0 Å². The number of sulfonamides is 1. The Hall–Kier alpha value is -1.12. The van der Waals surface area contributed by atoms with Crippen molar-refractivity contribution in [1.82, 2.24) is 0 Å². The second-order valence-corrected chi connectivity index (χ2v) is 6.74. The Bertz CT molecular complexity index is 506. The summed E-state index contributed by atoms with van der Waals surface area (Å²) >= 11 is 0.877. The first-order valence-corrected chi connectivity index (χ1v) is 7.72. The number of aromatic carboxylic acids is 1. The van der Waals surface area contributed by atoms with Gasteiger partial charge in [0.05, 0.1) is 18.5 Å². The van der Waals surface area contributed by atoms with Gasteiger partial charge in [-0.3, -0.25) is 4.72 Å². The van der Waals surface area contributed by atoms with Crippen LogP contribution in [0.2, 0.25) is 0 Å². The van der Waals surface area contributed by atoms with E-state index in [1.165, 1.54) is 12.1 Å². The first-order valence-electron chi connectivity index (χ1n) is 5.25. The summed E-state index contributed by atoms with van der Waals surface area (Å²) in [7, 11) is -3.50. The number of hydrogen-bond acceptors (Lipinski definition) is 5. The van der Waals surface area contributed by atoms with Gasteiger partial charge in [0.2, 0.25) is 10.0 Å². The predicted molar refractivity (Wildman–Crippen MR) is 69.8 cm³/mol. The number of ether oxygens (including phenoxy) is 1. The Morgan fingerprint density at radius 1 is 1.50 bits per heavy atom. The molecular formula is C10H15NO5S2. The minimum atomic E-state index is -3.50. The highest BCUT2D eigenvalue weighted by Crippen LogP contribution is 2.22. The summed E-state index contributed by atoms with van der Waals surface area (Å²) in [5.74, 6) is -1.24. The lowest BCUT2D eigenvalue weighted by molar-refractivity contribution is 0.0702. The number of hydrogen-bond donors (Lipinski definition) is 2. The zero-order valence-corrected chi connectivity index (χ0v) is 11.7. The molecule has 0 aromatic carbocycles. The molecule has 0 aliphatic rings. The molecule has 1 aromatic heterocycles. The van der Waals surface area contributed by atoms with Crippen LogP contribution in [0.15, 0.2) is 12.1 Å². The Morgan fingerprint density at radius 3 is 2.67 bits per heavy atom. The third-order valence-corrected chi connectivity index (χ3v) is 4.23. The van der Waals surface area contributed by atoms with Crippen LogP contribution in [-0.2, 0) is 14.8 Å². The van der Waals surface area contributed by atoms with Crippen LogP contribution in [0.4, 0.5) is 5.00 Å². The van der Waals surface area contributed by atoms with Crippen LogP contribution in [0.5, 0.6) is 0 Å².